The first-order valence-electron chi connectivity index (χ1n) is 8.27. The summed E-state index contributed by atoms with van der Waals surface area (Å²) in [5.74, 6) is 0. The number of aliphatic hydroxyl groups is 1. The van der Waals surface area contributed by atoms with E-state index in [0.29, 0.717) is 12.8 Å². The molecular formula is C17H20N6O. The predicted octanol–water partition coefficient (Wildman–Crippen LogP) is 1.57. The molecule has 7 nitrogen and oxygen atoms in total. The first-order valence-corrected chi connectivity index (χ1v) is 8.27. The molecule has 1 N–H and O–H groups in total. The van der Waals surface area contributed by atoms with Crippen LogP contribution in [-0.4, -0.2) is 43.0 Å². The first kappa shape index (κ1) is 15.0. The second kappa shape index (κ2) is 5.83. The minimum absolute atomic E-state index is 0.656. The number of hydrogen-bond donors (Lipinski definition) is 1. The number of piperidine rings is 1. The van der Waals surface area contributed by atoms with E-state index >= 15 is 0 Å². The van der Waals surface area contributed by atoms with E-state index in [9.17, 15) is 5.11 Å². The van der Waals surface area contributed by atoms with Gasteiger partial charge in [-0.25, -0.2) is 0 Å². The van der Waals surface area contributed by atoms with Crippen molar-refractivity contribution < 1.29 is 5.11 Å². The van der Waals surface area contributed by atoms with Gasteiger partial charge in [0.05, 0.1) is 17.0 Å². The van der Waals surface area contributed by atoms with Gasteiger partial charge in [0.15, 0.2) is 0 Å². The Labute approximate surface area is 140 Å². The number of anilines is 1. The zero-order valence-electron chi connectivity index (χ0n) is 13.6. The maximum absolute atomic E-state index is 11.0. The molecule has 3 aromatic heterocycles. The molecule has 0 aromatic carbocycles. The molecule has 1 aliphatic rings. The fourth-order valence-corrected chi connectivity index (χ4v) is 3.31. The molecule has 4 heterocycles. The predicted molar refractivity (Wildman–Crippen MR) is 89.7 cm³/mol. The van der Waals surface area contributed by atoms with Crippen LogP contribution in [0.3, 0.4) is 0 Å². The lowest BCUT2D eigenvalue weighted by molar-refractivity contribution is 0.0115. The molecular weight excluding hydrogens is 304 g/mol. The van der Waals surface area contributed by atoms with Crippen molar-refractivity contribution in [3.63, 3.8) is 0 Å². The number of rotatable bonds is 3. The summed E-state index contributed by atoms with van der Waals surface area (Å²) >= 11 is 0. The molecule has 1 fully saturated rings. The van der Waals surface area contributed by atoms with Crippen LogP contribution in [-0.2, 0) is 12.0 Å². The third-order valence-corrected chi connectivity index (χ3v) is 4.79. The fraction of sp³-hybridized carbons (Fsp3) is 0.412. The minimum Gasteiger partial charge on any atom is -0.385 e. The van der Waals surface area contributed by atoms with Gasteiger partial charge in [0, 0.05) is 31.0 Å². The van der Waals surface area contributed by atoms with E-state index in [1.54, 1.807) is 23.2 Å². The van der Waals surface area contributed by atoms with E-state index < -0.39 is 5.60 Å². The van der Waals surface area contributed by atoms with Gasteiger partial charge >= 0.3 is 0 Å². The molecule has 1 saturated heterocycles. The summed E-state index contributed by atoms with van der Waals surface area (Å²) < 4.78 is 1.73. The molecule has 3 aromatic rings. The molecule has 1 aliphatic heterocycles. The van der Waals surface area contributed by atoms with Crippen molar-refractivity contribution in [1.82, 2.24) is 24.8 Å². The second-order valence-corrected chi connectivity index (χ2v) is 6.23. The molecule has 7 heteroatoms. The largest absolute Gasteiger partial charge is 0.385 e. The Morgan fingerprint density at radius 1 is 1.29 bits per heavy atom. The van der Waals surface area contributed by atoms with Gasteiger partial charge in [-0.3, -0.25) is 4.98 Å². The Morgan fingerprint density at radius 2 is 2.12 bits per heavy atom. The van der Waals surface area contributed by atoms with Crippen LogP contribution < -0.4 is 4.90 Å². The molecule has 0 spiro atoms. The summed E-state index contributed by atoms with van der Waals surface area (Å²) in [4.78, 5) is 6.40. The van der Waals surface area contributed by atoms with Crippen molar-refractivity contribution in [3.05, 3.63) is 48.2 Å². The highest BCUT2D eigenvalue weighted by Gasteiger charge is 2.35. The lowest BCUT2D eigenvalue weighted by atomic mass is 9.85. The van der Waals surface area contributed by atoms with Gasteiger partial charge in [0.1, 0.15) is 6.33 Å². The van der Waals surface area contributed by atoms with Gasteiger partial charge in [-0.2, -0.15) is 9.61 Å². The third kappa shape index (κ3) is 2.50. The Morgan fingerprint density at radius 3 is 2.83 bits per heavy atom. The maximum atomic E-state index is 11.0. The molecule has 0 unspecified atom stereocenters. The van der Waals surface area contributed by atoms with E-state index in [0.717, 1.165) is 42.1 Å². The molecule has 0 aliphatic carbocycles. The van der Waals surface area contributed by atoms with Crippen molar-refractivity contribution in [2.75, 3.05) is 18.0 Å². The summed E-state index contributed by atoms with van der Waals surface area (Å²) in [5, 5.41) is 23.6. The van der Waals surface area contributed by atoms with Crippen LogP contribution in [0.25, 0.3) is 5.65 Å². The zero-order valence-corrected chi connectivity index (χ0v) is 13.6. The quantitative estimate of drug-likeness (QED) is 0.788. The molecule has 4 rings (SSSR count). The van der Waals surface area contributed by atoms with Crippen LogP contribution in [0.4, 0.5) is 5.69 Å². The van der Waals surface area contributed by atoms with E-state index in [4.69, 9.17) is 0 Å². The van der Waals surface area contributed by atoms with Crippen molar-refractivity contribution in [2.24, 2.45) is 0 Å². The maximum Gasteiger partial charge on any atom is 0.200 e. The van der Waals surface area contributed by atoms with E-state index in [1.807, 2.05) is 12.1 Å². The van der Waals surface area contributed by atoms with Gasteiger partial charge < -0.3 is 10.0 Å². The molecule has 0 amide bonds. The smallest absolute Gasteiger partial charge is 0.200 e. The van der Waals surface area contributed by atoms with E-state index in [1.165, 1.54) is 0 Å². The average Bonchev–Trinajstić information content (AvgIpc) is 3.11. The summed E-state index contributed by atoms with van der Waals surface area (Å²) in [6.45, 7) is 3.59. The molecule has 0 bridgehead atoms. The highest BCUT2D eigenvalue weighted by molar-refractivity contribution is 5.68. The number of aromatic nitrogens is 5. The number of aryl methyl sites for hydroxylation is 1. The normalized spacial score (nSPS) is 17.3. The number of fused-ring (bicyclic) bond motifs is 1. The van der Waals surface area contributed by atoms with Crippen molar-refractivity contribution in [2.45, 2.75) is 31.8 Å². The first-order chi connectivity index (χ1) is 11.7. The van der Waals surface area contributed by atoms with Gasteiger partial charge in [-0.05, 0) is 31.4 Å². The molecule has 0 saturated carbocycles. The summed E-state index contributed by atoms with van der Waals surface area (Å²) in [6.07, 6.45) is 7.29. The fourth-order valence-electron chi connectivity index (χ4n) is 3.31. The van der Waals surface area contributed by atoms with Crippen LogP contribution in [0.15, 0.2) is 36.9 Å². The highest BCUT2D eigenvalue weighted by Crippen LogP contribution is 2.35. The molecule has 0 atom stereocenters. The van der Waals surface area contributed by atoms with Crippen LogP contribution in [0.5, 0.6) is 0 Å². The summed E-state index contributed by atoms with van der Waals surface area (Å²) in [6, 6.07) is 5.90. The van der Waals surface area contributed by atoms with Crippen LogP contribution in [0, 0.1) is 0 Å². The number of nitrogens with zero attached hydrogens (tertiary/aromatic N) is 6. The monoisotopic (exact) mass is 324 g/mol. The van der Waals surface area contributed by atoms with E-state index in [-0.39, 0.29) is 0 Å². The van der Waals surface area contributed by atoms with Crippen molar-refractivity contribution in [3.8, 4) is 0 Å². The van der Waals surface area contributed by atoms with Crippen LogP contribution in [0.2, 0.25) is 0 Å². The molecule has 24 heavy (non-hydrogen) atoms. The second-order valence-electron chi connectivity index (χ2n) is 6.23. The van der Waals surface area contributed by atoms with Crippen LogP contribution in [0.1, 0.15) is 31.0 Å². The lowest BCUT2D eigenvalue weighted by Gasteiger charge is -2.39. The molecule has 124 valence electrons. The van der Waals surface area contributed by atoms with Gasteiger partial charge in [0.25, 0.3) is 0 Å². The Balaban J connectivity index is 1.61. The topological polar surface area (TPSA) is 79.4 Å². The average molecular weight is 324 g/mol. The molecule has 0 radical (unpaired) electrons. The Kier molecular flexibility index (Phi) is 3.65. The summed E-state index contributed by atoms with van der Waals surface area (Å²) in [7, 11) is 0. The SMILES string of the molecule is CCc1cc(N2CCC(O)(c3cccnc3)CC2)c2nncn2n1. The third-order valence-electron chi connectivity index (χ3n) is 4.79. The van der Waals surface area contributed by atoms with Crippen molar-refractivity contribution in [1.29, 1.82) is 0 Å². The van der Waals surface area contributed by atoms with Gasteiger partial charge in [-0.1, -0.05) is 13.0 Å². The van der Waals surface area contributed by atoms with Gasteiger partial charge in [0.2, 0.25) is 5.65 Å². The number of hydrogen-bond acceptors (Lipinski definition) is 6. The zero-order chi connectivity index (χ0) is 16.6. The van der Waals surface area contributed by atoms with E-state index in [2.05, 4.69) is 38.2 Å². The number of pyridine rings is 1. The highest BCUT2D eigenvalue weighted by atomic mass is 16.3. The minimum atomic E-state index is -0.810. The van der Waals surface area contributed by atoms with Crippen LogP contribution >= 0.6 is 0 Å². The van der Waals surface area contributed by atoms with Crippen molar-refractivity contribution >= 4 is 11.3 Å². The Bertz CT molecular complexity index is 839. The standard InChI is InChI=1S/C17H20N6O/c1-2-14-10-15(16-20-19-12-23(16)21-14)22-8-5-17(24,6-9-22)13-4-3-7-18-11-13/h3-4,7,10-12,24H,2,5-6,8-9H2,1H3. The Hall–Kier alpha value is -2.54. The lowest BCUT2D eigenvalue weighted by Crippen LogP contribution is -2.43. The summed E-state index contributed by atoms with van der Waals surface area (Å²) in [5.41, 5.74) is 2.88. The van der Waals surface area contributed by atoms with Gasteiger partial charge in [-0.15, -0.1) is 10.2 Å².